The van der Waals surface area contributed by atoms with Gasteiger partial charge in [0.1, 0.15) is 5.82 Å². The Morgan fingerprint density at radius 2 is 2.11 bits per heavy atom. The van der Waals surface area contributed by atoms with Crippen molar-refractivity contribution in [2.45, 2.75) is 33.7 Å². The first kappa shape index (κ1) is 14.0. The molecule has 1 N–H and O–H groups in total. The van der Waals surface area contributed by atoms with Crippen LogP contribution in [0.3, 0.4) is 0 Å². The zero-order valence-corrected chi connectivity index (χ0v) is 13.2. The molecule has 0 radical (unpaired) electrons. The van der Waals surface area contributed by atoms with Crippen molar-refractivity contribution in [2.75, 3.05) is 11.9 Å². The Kier molecular flexibility index (Phi) is 4.19. The van der Waals surface area contributed by atoms with Gasteiger partial charge in [0.05, 0.1) is 21.9 Å². The number of aryl methyl sites for hydroxylation is 1. The van der Waals surface area contributed by atoms with E-state index in [-0.39, 0.29) is 0 Å². The second kappa shape index (κ2) is 5.69. The molecule has 0 unspecified atom stereocenters. The van der Waals surface area contributed by atoms with Gasteiger partial charge in [-0.3, -0.25) is 4.68 Å². The van der Waals surface area contributed by atoms with Crippen LogP contribution in [-0.4, -0.2) is 26.3 Å². The molecule has 6 heteroatoms. The topological polar surface area (TPSA) is 55.6 Å². The molecular weight excluding hydrogens is 306 g/mol. The van der Waals surface area contributed by atoms with Crippen LogP contribution >= 0.6 is 15.9 Å². The Bertz CT molecular complexity index is 576. The molecule has 5 nitrogen and oxygen atoms in total. The molecule has 0 aliphatic rings. The molecule has 0 aliphatic carbocycles. The second-order valence-electron chi connectivity index (χ2n) is 4.63. The molecular formula is C13H18BrN5. The molecule has 2 aromatic heterocycles. The third-order valence-electron chi connectivity index (χ3n) is 2.75. The van der Waals surface area contributed by atoms with E-state index in [0.717, 1.165) is 28.1 Å². The van der Waals surface area contributed by atoms with Gasteiger partial charge in [-0.1, -0.05) is 0 Å². The zero-order chi connectivity index (χ0) is 14.0. The number of aromatic nitrogens is 4. The van der Waals surface area contributed by atoms with Gasteiger partial charge < -0.3 is 5.32 Å². The highest BCUT2D eigenvalue weighted by Gasteiger charge is 2.12. The molecule has 0 amide bonds. The standard InChI is InChI=1S/C13H18BrN5/c1-5-15-13-11(14)9(4)17-12(18-13)10-6-16-19(7-10)8(2)3/h6-8H,5H2,1-4H3,(H,15,17,18). The third kappa shape index (κ3) is 2.94. The van der Waals surface area contributed by atoms with Gasteiger partial charge in [-0.2, -0.15) is 5.10 Å². The lowest BCUT2D eigenvalue weighted by atomic mass is 10.3. The van der Waals surface area contributed by atoms with Crippen molar-refractivity contribution in [3.05, 3.63) is 22.6 Å². The van der Waals surface area contributed by atoms with Crippen LogP contribution in [0.15, 0.2) is 16.9 Å². The molecule has 0 saturated carbocycles. The van der Waals surface area contributed by atoms with E-state index in [1.807, 2.05) is 24.7 Å². The van der Waals surface area contributed by atoms with E-state index in [2.05, 4.69) is 50.2 Å². The number of hydrogen-bond donors (Lipinski definition) is 1. The van der Waals surface area contributed by atoms with Gasteiger partial charge in [-0.05, 0) is 43.6 Å². The minimum absolute atomic E-state index is 0.332. The summed E-state index contributed by atoms with van der Waals surface area (Å²) in [7, 11) is 0. The molecule has 0 aromatic carbocycles. The Morgan fingerprint density at radius 3 is 2.68 bits per heavy atom. The SMILES string of the molecule is CCNc1nc(-c2cnn(C(C)C)c2)nc(C)c1Br. The van der Waals surface area contributed by atoms with Crippen LogP contribution in [0.1, 0.15) is 32.5 Å². The van der Waals surface area contributed by atoms with E-state index in [0.29, 0.717) is 11.9 Å². The van der Waals surface area contributed by atoms with Crippen LogP contribution < -0.4 is 5.32 Å². The van der Waals surface area contributed by atoms with Gasteiger partial charge in [0.15, 0.2) is 5.82 Å². The zero-order valence-electron chi connectivity index (χ0n) is 11.6. The first-order valence-electron chi connectivity index (χ1n) is 6.35. The van der Waals surface area contributed by atoms with Crippen molar-refractivity contribution in [3.63, 3.8) is 0 Å². The summed E-state index contributed by atoms with van der Waals surface area (Å²) in [5.41, 5.74) is 1.85. The first-order valence-corrected chi connectivity index (χ1v) is 7.14. The predicted molar refractivity (Wildman–Crippen MR) is 80.2 cm³/mol. The van der Waals surface area contributed by atoms with Crippen molar-refractivity contribution < 1.29 is 0 Å². The molecule has 0 fully saturated rings. The van der Waals surface area contributed by atoms with Crippen molar-refractivity contribution in [3.8, 4) is 11.4 Å². The molecule has 2 rings (SSSR count). The lowest BCUT2D eigenvalue weighted by molar-refractivity contribution is 0.532. The molecule has 2 aromatic rings. The van der Waals surface area contributed by atoms with E-state index < -0.39 is 0 Å². The largest absolute Gasteiger partial charge is 0.369 e. The van der Waals surface area contributed by atoms with E-state index in [1.165, 1.54) is 0 Å². The fraction of sp³-hybridized carbons (Fsp3) is 0.462. The van der Waals surface area contributed by atoms with Crippen molar-refractivity contribution in [1.82, 2.24) is 19.7 Å². The van der Waals surface area contributed by atoms with Crippen LogP contribution in [0.25, 0.3) is 11.4 Å². The van der Waals surface area contributed by atoms with Gasteiger partial charge in [-0.15, -0.1) is 0 Å². The number of hydrogen-bond acceptors (Lipinski definition) is 4. The molecule has 0 atom stereocenters. The molecule has 19 heavy (non-hydrogen) atoms. The number of anilines is 1. The molecule has 0 bridgehead atoms. The highest BCUT2D eigenvalue weighted by Crippen LogP contribution is 2.26. The number of rotatable bonds is 4. The van der Waals surface area contributed by atoms with Crippen molar-refractivity contribution in [1.29, 1.82) is 0 Å². The average Bonchev–Trinajstić information content (AvgIpc) is 2.84. The minimum Gasteiger partial charge on any atom is -0.369 e. The van der Waals surface area contributed by atoms with Crippen molar-refractivity contribution in [2.24, 2.45) is 0 Å². The smallest absolute Gasteiger partial charge is 0.165 e. The van der Waals surface area contributed by atoms with Crippen LogP contribution in [-0.2, 0) is 0 Å². The monoisotopic (exact) mass is 323 g/mol. The fourth-order valence-corrected chi connectivity index (χ4v) is 2.03. The lowest BCUT2D eigenvalue weighted by Crippen LogP contribution is -2.04. The summed E-state index contributed by atoms with van der Waals surface area (Å²) < 4.78 is 2.82. The van der Waals surface area contributed by atoms with Gasteiger partial charge in [-0.25, -0.2) is 9.97 Å². The third-order valence-corrected chi connectivity index (χ3v) is 3.70. The number of nitrogens with zero attached hydrogens (tertiary/aromatic N) is 4. The summed E-state index contributed by atoms with van der Waals surface area (Å²) in [6.07, 6.45) is 3.78. The van der Waals surface area contributed by atoms with Crippen LogP contribution in [0, 0.1) is 6.92 Å². The molecule has 0 saturated heterocycles. The summed E-state index contributed by atoms with van der Waals surface area (Å²) in [6.45, 7) is 9.01. The maximum atomic E-state index is 4.54. The van der Waals surface area contributed by atoms with Crippen LogP contribution in [0.4, 0.5) is 5.82 Å². The molecule has 0 spiro atoms. The van der Waals surface area contributed by atoms with Crippen molar-refractivity contribution >= 4 is 21.7 Å². The second-order valence-corrected chi connectivity index (χ2v) is 5.42. The summed E-state index contributed by atoms with van der Waals surface area (Å²) in [5.74, 6) is 1.52. The number of nitrogens with one attached hydrogen (secondary N) is 1. The molecule has 2 heterocycles. The van der Waals surface area contributed by atoms with Gasteiger partial charge in [0, 0.05) is 18.8 Å². The van der Waals surface area contributed by atoms with Gasteiger partial charge in [0.25, 0.3) is 0 Å². The average molecular weight is 324 g/mol. The quantitative estimate of drug-likeness (QED) is 0.936. The van der Waals surface area contributed by atoms with E-state index in [1.54, 1.807) is 6.20 Å². The van der Waals surface area contributed by atoms with E-state index in [4.69, 9.17) is 0 Å². The summed E-state index contributed by atoms with van der Waals surface area (Å²) in [5, 5.41) is 7.56. The predicted octanol–water partition coefficient (Wildman–Crippen LogP) is 3.42. The summed E-state index contributed by atoms with van der Waals surface area (Å²) >= 11 is 3.51. The number of halogens is 1. The normalized spacial score (nSPS) is 11.1. The van der Waals surface area contributed by atoms with E-state index in [9.17, 15) is 0 Å². The Labute approximate surface area is 121 Å². The minimum atomic E-state index is 0.332. The first-order chi connectivity index (χ1) is 9.02. The van der Waals surface area contributed by atoms with Gasteiger partial charge in [0.2, 0.25) is 0 Å². The summed E-state index contributed by atoms with van der Waals surface area (Å²) in [6, 6.07) is 0.332. The van der Waals surface area contributed by atoms with Crippen LogP contribution in [0.2, 0.25) is 0 Å². The Balaban J connectivity index is 2.43. The maximum Gasteiger partial charge on any atom is 0.165 e. The van der Waals surface area contributed by atoms with Crippen LogP contribution in [0.5, 0.6) is 0 Å². The lowest BCUT2D eigenvalue weighted by Gasteiger charge is -2.09. The van der Waals surface area contributed by atoms with E-state index >= 15 is 0 Å². The highest BCUT2D eigenvalue weighted by atomic mass is 79.9. The fourth-order valence-electron chi connectivity index (χ4n) is 1.71. The highest BCUT2D eigenvalue weighted by molar-refractivity contribution is 9.10. The Hall–Kier alpha value is -1.43. The summed E-state index contributed by atoms with van der Waals surface area (Å²) in [4.78, 5) is 9.05. The van der Waals surface area contributed by atoms with Gasteiger partial charge >= 0.3 is 0 Å². The maximum absolute atomic E-state index is 4.54. The Morgan fingerprint density at radius 1 is 1.37 bits per heavy atom. The molecule has 102 valence electrons. The molecule has 0 aliphatic heterocycles.